The number of amides is 1. The molecule has 1 aliphatic heterocycles. The molecule has 22 heavy (non-hydrogen) atoms. The van der Waals surface area contributed by atoms with Crippen molar-refractivity contribution in [1.29, 1.82) is 0 Å². The first-order valence-electron chi connectivity index (χ1n) is 6.55. The molecule has 1 unspecified atom stereocenters. The Morgan fingerprint density at radius 1 is 1.18 bits per heavy atom. The van der Waals surface area contributed by atoms with Crippen LogP contribution in [-0.4, -0.2) is 18.3 Å². The van der Waals surface area contributed by atoms with Gasteiger partial charge in [0.15, 0.2) is 12.4 Å². The summed E-state index contributed by atoms with van der Waals surface area (Å²) < 4.78 is 6.24. The van der Waals surface area contributed by atoms with Crippen molar-refractivity contribution in [2.45, 2.75) is 4.83 Å². The van der Waals surface area contributed by atoms with Crippen LogP contribution in [0.2, 0.25) is 0 Å². The Morgan fingerprint density at radius 3 is 2.64 bits per heavy atom. The Morgan fingerprint density at radius 2 is 1.91 bits per heavy atom. The molecule has 0 aliphatic carbocycles. The molecule has 0 saturated carbocycles. The molecular weight excluding hydrogens is 414 g/mol. The van der Waals surface area contributed by atoms with Crippen LogP contribution in [0.4, 0.5) is 5.69 Å². The molecule has 1 heterocycles. The number of carbonyl (C=O) groups is 2. The van der Waals surface area contributed by atoms with E-state index < -0.39 is 4.83 Å². The monoisotopic (exact) mass is 423 g/mol. The van der Waals surface area contributed by atoms with Gasteiger partial charge in [0.1, 0.15) is 10.6 Å². The van der Waals surface area contributed by atoms with Gasteiger partial charge in [0.25, 0.3) is 5.91 Å². The molecule has 0 spiro atoms. The summed E-state index contributed by atoms with van der Waals surface area (Å²) >= 11 is 6.81. The van der Waals surface area contributed by atoms with E-state index in [1.807, 2.05) is 24.3 Å². The van der Waals surface area contributed by atoms with E-state index in [2.05, 4.69) is 37.2 Å². The molecule has 1 amide bonds. The van der Waals surface area contributed by atoms with Crippen LogP contribution in [0, 0.1) is 0 Å². The molecule has 2 aromatic rings. The Labute approximate surface area is 144 Å². The zero-order valence-electron chi connectivity index (χ0n) is 11.3. The topological polar surface area (TPSA) is 55.4 Å². The van der Waals surface area contributed by atoms with Gasteiger partial charge in [-0.1, -0.05) is 44.0 Å². The number of ketones is 1. The number of benzene rings is 2. The number of carbonyl (C=O) groups excluding carboxylic acids is 2. The molecule has 6 heteroatoms. The van der Waals surface area contributed by atoms with E-state index in [1.54, 1.807) is 18.2 Å². The smallest absolute Gasteiger partial charge is 0.262 e. The first-order valence-corrected chi connectivity index (χ1v) is 8.26. The highest BCUT2D eigenvalue weighted by Crippen LogP contribution is 2.33. The maximum atomic E-state index is 12.6. The molecule has 1 N–H and O–H groups in total. The summed E-state index contributed by atoms with van der Waals surface area (Å²) in [6, 6.07) is 12.6. The summed E-state index contributed by atoms with van der Waals surface area (Å²) in [4.78, 5) is 23.5. The first-order chi connectivity index (χ1) is 10.5. The molecule has 0 bridgehead atoms. The lowest BCUT2D eigenvalue weighted by molar-refractivity contribution is -0.118. The van der Waals surface area contributed by atoms with Crippen molar-refractivity contribution in [1.82, 2.24) is 0 Å². The van der Waals surface area contributed by atoms with Crippen LogP contribution in [0.25, 0.3) is 0 Å². The quantitative estimate of drug-likeness (QED) is 0.596. The van der Waals surface area contributed by atoms with Crippen molar-refractivity contribution < 1.29 is 14.3 Å². The lowest BCUT2D eigenvalue weighted by atomic mass is 10.0. The number of anilines is 1. The number of hydrogen-bond acceptors (Lipinski definition) is 3. The highest BCUT2D eigenvalue weighted by Gasteiger charge is 2.22. The van der Waals surface area contributed by atoms with Crippen molar-refractivity contribution in [3.05, 3.63) is 58.1 Å². The van der Waals surface area contributed by atoms with Gasteiger partial charge in [0.2, 0.25) is 0 Å². The number of nitrogens with one attached hydrogen (secondary N) is 1. The molecule has 0 saturated heterocycles. The van der Waals surface area contributed by atoms with Gasteiger partial charge in [0, 0.05) is 10.0 Å². The predicted octanol–water partition coefficient (Wildman–Crippen LogP) is 4.10. The SMILES string of the molecule is O=C1COc2ccc(C(=O)C(Br)c3ccc(Br)cc3)cc2N1. The average Bonchev–Trinajstić information content (AvgIpc) is 2.53. The highest BCUT2D eigenvalue weighted by molar-refractivity contribution is 9.10. The van der Waals surface area contributed by atoms with E-state index in [4.69, 9.17) is 4.74 Å². The summed E-state index contributed by atoms with van der Waals surface area (Å²) in [6.07, 6.45) is 0. The number of Topliss-reactive ketones (excluding diaryl/α,β-unsaturated/α-hetero) is 1. The van der Waals surface area contributed by atoms with E-state index >= 15 is 0 Å². The minimum absolute atomic E-state index is 0.000254. The number of ether oxygens (including phenoxy) is 1. The standard InChI is InChI=1S/C16H11Br2NO3/c17-11-4-1-9(2-5-11)15(18)16(21)10-3-6-13-12(7-10)19-14(20)8-22-13/h1-7,15H,8H2,(H,19,20). The van der Waals surface area contributed by atoms with E-state index in [9.17, 15) is 9.59 Å². The van der Waals surface area contributed by atoms with E-state index in [-0.39, 0.29) is 18.3 Å². The van der Waals surface area contributed by atoms with Crippen molar-refractivity contribution in [2.75, 3.05) is 11.9 Å². The molecule has 0 fully saturated rings. The highest BCUT2D eigenvalue weighted by atomic mass is 79.9. The second-order valence-corrected chi connectivity index (χ2v) is 6.66. The molecule has 0 aromatic heterocycles. The Kier molecular flexibility index (Phi) is 4.31. The zero-order valence-corrected chi connectivity index (χ0v) is 14.5. The van der Waals surface area contributed by atoms with Crippen LogP contribution in [-0.2, 0) is 4.79 Å². The molecule has 1 aliphatic rings. The molecule has 4 nitrogen and oxygen atoms in total. The van der Waals surface area contributed by atoms with E-state index in [0.717, 1.165) is 10.0 Å². The Bertz CT molecular complexity index is 744. The van der Waals surface area contributed by atoms with Crippen molar-refractivity contribution >= 4 is 49.2 Å². The number of hydrogen-bond donors (Lipinski definition) is 1. The molecule has 3 rings (SSSR count). The maximum Gasteiger partial charge on any atom is 0.262 e. The Hall–Kier alpha value is -1.66. The van der Waals surface area contributed by atoms with Gasteiger partial charge in [-0.25, -0.2) is 0 Å². The second kappa shape index (κ2) is 6.22. The van der Waals surface area contributed by atoms with E-state index in [0.29, 0.717) is 17.0 Å². The van der Waals surface area contributed by atoms with E-state index in [1.165, 1.54) is 0 Å². The van der Waals surface area contributed by atoms with Gasteiger partial charge in [0.05, 0.1) is 5.69 Å². The van der Waals surface area contributed by atoms with Crippen LogP contribution < -0.4 is 10.1 Å². The third-order valence-electron chi connectivity index (χ3n) is 3.29. The Balaban J connectivity index is 1.87. The molecular formula is C16H11Br2NO3. The summed E-state index contributed by atoms with van der Waals surface area (Å²) in [5.74, 6) is 0.274. The van der Waals surface area contributed by atoms with Gasteiger partial charge in [-0.15, -0.1) is 0 Å². The minimum atomic E-state index is -0.445. The third kappa shape index (κ3) is 3.08. The number of alkyl halides is 1. The second-order valence-electron chi connectivity index (χ2n) is 4.83. The number of fused-ring (bicyclic) bond motifs is 1. The van der Waals surface area contributed by atoms with Gasteiger partial charge in [-0.05, 0) is 35.9 Å². The molecule has 0 radical (unpaired) electrons. The molecule has 2 aromatic carbocycles. The lowest BCUT2D eigenvalue weighted by Crippen LogP contribution is -2.25. The number of halogens is 2. The normalized spacial score (nSPS) is 14.5. The van der Waals surface area contributed by atoms with Gasteiger partial charge < -0.3 is 10.1 Å². The van der Waals surface area contributed by atoms with Gasteiger partial charge in [-0.2, -0.15) is 0 Å². The molecule has 1 atom stereocenters. The van der Waals surface area contributed by atoms with Crippen LogP contribution in [0.15, 0.2) is 46.9 Å². The van der Waals surface area contributed by atoms with Crippen LogP contribution in [0.5, 0.6) is 5.75 Å². The van der Waals surface area contributed by atoms with Crippen molar-refractivity contribution in [3.8, 4) is 5.75 Å². The van der Waals surface area contributed by atoms with Crippen molar-refractivity contribution in [2.24, 2.45) is 0 Å². The third-order valence-corrected chi connectivity index (χ3v) is 4.76. The lowest BCUT2D eigenvalue weighted by Gasteiger charge is -2.19. The van der Waals surface area contributed by atoms with Gasteiger partial charge >= 0.3 is 0 Å². The molecule has 112 valence electrons. The van der Waals surface area contributed by atoms with Crippen LogP contribution in [0.3, 0.4) is 0 Å². The van der Waals surface area contributed by atoms with Gasteiger partial charge in [-0.3, -0.25) is 9.59 Å². The first kappa shape index (κ1) is 15.2. The van der Waals surface area contributed by atoms with Crippen LogP contribution in [0.1, 0.15) is 20.7 Å². The number of rotatable bonds is 3. The summed E-state index contributed by atoms with van der Waals surface area (Å²) in [5, 5.41) is 2.70. The predicted molar refractivity (Wildman–Crippen MR) is 90.7 cm³/mol. The maximum absolute atomic E-state index is 12.6. The summed E-state index contributed by atoms with van der Waals surface area (Å²) in [7, 11) is 0. The fourth-order valence-electron chi connectivity index (χ4n) is 2.17. The fourth-order valence-corrected chi connectivity index (χ4v) is 3.00. The summed E-state index contributed by atoms with van der Waals surface area (Å²) in [5.41, 5.74) is 1.90. The zero-order chi connectivity index (χ0) is 15.7. The fraction of sp³-hybridized carbons (Fsp3) is 0.125. The average molecular weight is 425 g/mol. The minimum Gasteiger partial charge on any atom is -0.482 e. The van der Waals surface area contributed by atoms with Crippen LogP contribution >= 0.6 is 31.9 Å². The summed E-state index contributed by atoms with van der Waals surface area (Å²) in [6.45, 7) is 0.000254. The van der Waals surface area contributed by atoms with Crippen molar-refractivity contribution in [3.63, 3.8) is 0 Å². The largest absolute Gasteiger partial charge is 0.482 e.